The van der Waals surface area contributed by atoms with Gasteiger partial charge in [-0.15, -0.1) is 0 Å². The Labute approximate surface area is 267 Å². The van der Waals surface area contributed by atoms with Gasteiger partial charge in [-0.25, -0.2) is 15.0 Å². The maximum absolute atomic E-state index is 13.8. The second kappa shape index (κ2) is 10.9. The van der Waals surface area contributed by atoms with E-state index in [-0.39, 0.29) is 64.9 Å². The van der Waals surface area contributed by atoms with Crippen LogP contribution in [0.1, 0.15) is 37.2 Å². The van der Waals surface area contributed by atoms with Gasteiger partial charge in [-0.1, -0.05) is 19.1 Å². The van der Waals surface area contributed by atoms with Crippen molar-refractivity contribution in [2.24, 2.45) is 5.41 Å². The summed E-state index contributed by atoms with van der Waals surface area (Å²) in [7, 11) is -2.53. The third kappa shape index (κ3) is 5.69. The first-order chi connectivity index (χ1) is 21.4. The summed E-state index contributed by atoms with van der Waals surface area (Å²) in [4.78, 5) is 54.2. The van der Waals surface area contributed by atoms with Gasteiger partial charge in [-0.05, 0) is 64.0 Å². The van der Waals surface area contributed by atoms with Crippen LogP contribution < -0.4 is 10.1 Å². The molecule has 7 rings (SSSR count). The first kappa shape index (κ1) is 29.8. The zero-order valence-corrected chi connectivity index (χ0v) is 26.8. The lowest BCUT2D eigenvalue weighted by Crippen LogP contribution is -2.46. The van der Waals surface area contributed by atoms with E-state index in [9.17, 15) is 23.5 Å². The van der Waals surface area contributed by atoms with Crippen LogP contribution >= 0.6 is 26.5 Å². The molecule has 0 radical (unpaired) electrons. The molecule has 45 heavy (non-hydrogen) atoms. The van der Waals surface area contributed by atoms with E-state index >= 15 is 0 Å². The number of halogens is 1. The smallest absolute Gasteiger partial charge is 0.316 e. The number of ketones is 1. The zero-order valence-electron chi connectivity index (χ0n) is 24.4. The number of nitrogens with zero attached hydrogens (tertiary/aromatic N) is 6. The normalized spacial score (nSPS) is 24.1. The summed E-state index contributed by atoms with van der Waals surface area (Å²) in [6, 6.07) is 10.1. The number of amides is 2. The number of ether oxygens (including phenoxy) is 1. The standard InChI is InChI=1S/C30H30BrN7O6S/c1-16(39)27-20-8-17(18-11-32-29(33-12-18)44-19-14-45(42,43)15-19)6-7-21(20)37(36-27)13-26(40)38-22(9-30(2)10-23(30)38)28(41)35-25-5-3-4-24(31)34-25/h3-8,11-12,19,22-23,42-43H,9-10,13-15H2,1-2H3,(H,34,35,41)/t22-,23+,30-/m0/s1. The lowest BCUT2D eigenvalue weighted by Gasteiger charge is -2.45. The number of carbonyl (C=O) groups is 3. The van der Waals surface area contributed by atoms with E-state index in [4.69, 9.17) is 4.74 Å². The highest BCUT2D eigenvalue weighted by atomic mass is 79.9. The van der Waals surface area contributed by atoms with Gasteiger partial charge in [0.2, 0.25) is 11.8 Å². The second-order valence-electron chi connectivity index (χ2n) is 12.2. The molecule has 3 aromatic heterocycles. The van der Waals surface area contributed by atoms with Crippen molar-refractivity contribution >= 4 is 60.8 Å². The Morgan fingerprint density at radius 3 is 2.56 bits per heavy atom. The number of aromatic nitrogens is 5. The predicted octanol–water partition coefficient (Wildman–Crippen LogP) is 4.38. The van der Waals surface area contributed by atoms with Gasteiger partial charge >= 0.3 is 6.01 Å². The van der Waals surface area contributed by atoms with Crippen LogP contribution in [-0.4, -0.2) is 86.0 Å². The Morgan fingerprint density at radius 1 is 1.11 bits per heavy atom. The van der Waals surface area contributed by atoms with Gasteiger partial charge in [0.05, 0.1) is 17.0 Å². The van der Waals surface area contributed by atoms with Gasteiger partial charge < -0.3 is 15.0 Å². The molecular weight excluding hydrogens is 666 g/mol. The molecule has 13 nitrogen and oxygen atoms in total. The molecule has 0 spiro atoms. The van der Waals surface area contributed by atoms with Crippen LogP contribution in [0.15, 0.2) is 53.4 Å². The number of fused-ring (bicyclic) bond motifs is 2. The molecule has 0 unspecified atom stereocenters. The van der Waals surface area contributed by atoms with Gasteiger partial charge in [-0.3, -0.25) is 28.2 Å². The van der Waals surface area contributed by atoms with Gasteiger partial charge in [0, 0.05) is 36.3 Å². The highest BCUT2D eigenvalue weighted by molar-refractivity contribution is 9.10. The van der Waals surface area contributed by atoms with Crippen LogP contribution in [0.2, 0.25) is 0 Å². The Bertz CT molecular complexity index is 1860. The number of hydrogen-bond donors (Lipinski definition) is 3. The molecule has 15 heteroatoms. The molecule has 1 aliphatic carbocycles. The molecule has 234 valence electrons. The van der Waals surface area contributed by atoms with Crippen molar-refractivity contribution < 1.29 is 28.2 Å². The van der Waals surface area contributed by atoms with Crippen molar-refractivity contribution in [3.8, 4) is 17.1 Å². The molecule has 0 bridgehead atoms. The van der Waals surface area contributed by atoms with Crippen LogP contribution in [0.5, 0.6) is 6.01 Å². The summed E-state index contributed by atoms with van der Waals surface area (Å²) in [6.07, 6.45) is 4.25. The molecule has 1 aromatic carbocycles. The number of pyridine rings is 1. The first-order valence-electron chi connectivity index (χ1n) is 14.4. The maximum atomic E-state index is 13.8. The summed E-state index contributed by atoms with van der Waals surface area (Å²) < 4.78 is 26.9. The van der Waals surface area contributed by atoms with Gasteiger partial charge in [-0.2, -0.15) is 15.7 Å². The van der Waals surface area contributed by atoms with Gasteiger partial charge in [0.1, 0.15) is 34.8 Å². The fourth-order valence-corrected chi connectivity index (χ4v) is 7.86. The molecule has 3 atom stereocenters. The third-order valence-electron chi connectivity index (χ3n) is 8.70. The average Bonchev–Trinajstić information content (AvgIpc) is 3.33. The molecule has 3 aliphatic rings. The average molecular weight is 697 g/mol. The quantitative estimate of drug-likeness (QED) is 0.177. The number of piperidine rings is 1. The second-order valence-corrected chi connectivity index (χ2v) is 15.2. The fraction of sp³-hybridized carbons (Fsp3) is 0.367. The number of benzene rings is 1. The highest BCUT2D eigenvalue weighted by Gasteiger charge is 2.64. The molecule has 3 N–H and O–H groups in total. The lowest BCUT2D eigenvalue weighted by atomic mass is 10.0. The number of Topliss-reactive ketones (excluding diaryl/α,β-unsaturated/α-hetero) is 1. The number of anilines is 1. The maximum Gasteiger partial charge on any atom is 0.316 e. The molecule has 2 aliphatic heterocycles. The molecular formula is C30H30BrN7O6S. The minimum Gasteiger partial charge on any atom is -0.457 e. The van der Waals surface area contributed by atoms with Crippen LogP contribution in [0.25, 0.3) is 22.0 Å². The third-order valence-corrected chi connectivity index (χ3v) is 11.0. The molecule has 5 heterocycles. The Kier molecular flexibility index (Phi) is 7.18. The summed E-state index contributed by atoms with van der Waals surface area (Å²) in [5.41, 5.74) is 2.15. The zero-order chi connectivity index (χ0) is 31.7. The molecule has 2 saturated heterocycles. The topological polar surface area (TPSA) is 173 Å². The number of hydrogen-bond acceptors (Lipinski definition) is 10. The van der Waals surface area contributed by atoms with E-state index in [0.717, 1.165) is 12.0 Å². The number of likely N-dealkylation sites (tertiary alicyclic amines) is 1. The summed E-state index contributed by atoms with van der Waals surface area (Å²) in [6.45, 7) is 3.39. The Hall–Kier alpha value is -3.92. The van der Waals surface area contributed by atoms with Crippen molar-refractivity contribution in [1.82, 2.24) is 29.6 Å². The Morgan fingerprint density at radius 2 is 1.87 bits per heavy atom. The lowest BCUT2D eigenvalue weighted by molar-refractivity contribution is -0.138. The number of rotatable bonds is 8. The Balaban J connectivity index is 1.11. The van der Waals surface area contributed by atoms with Crippen molar-refractivity contribution in [3.63, 3.8) is 0 Å². The first-order valence-corrected chi connectivity index (χ1v) is 17.1. The van der Waals surface area contributed by atoms with Crippen molar-refractivity contribution in [2.45, 2.75) is 51.4 Å². The summed E-state index contributed by atoms with van der Waals surface area (Å²) >= 11 is 3.32. The van der Waals surface area contributed by atoms with Crippen molar-refractivity contribution in [1.29, 1.82) is 0 Å². The van der Waals surface area contributed by atoms with E-state index in [2.05, 4.69) is 48.2 Å². The SMILES string of the molecule is CC(=O)c1nn(CC(=O)N2[C@H](C(=O)Nc3cccc(Br)n3)C[C@@]3(C)C[C@@H]23)c2ccc(-c3cnc(OC4CS(O)(O)C4)nc3)cc12. The number of carbonyl (C=O) groups excluding carboxylic acids is 3. The van der Waals surface area contributed by atoms with E-state index in [1.807, 2.05) is 12.1 Å². The molecule has 3 fully saturated rings. The van der Waals surface area contributed by atoms with Crippen LogP contribution in [0, 0.1) is 5.41 Å². The van der Waals surface area contributed by atoms with Crippen LogP contribution in [0.4, 0.5) is 5.82 Å². The predicted molar refractivity (Wildman–Crippen MR) is 170 cm³/mol. The van der Waals surface area contributed by atoms with Crippen LogP contribution in [0.3, 0.4) is 0 Å². The largest absolute Gasteiger partial charge is 0.457 e. The minimum absolute atomic E-state index is 0.0377. The van der Waals surface area contributed by atoms with Crippen molar-refractivity contribution in [2.75, 3.05) is 16.8 Å². The number of nitrogens with one attached hydrogen (secondary N) is 1. The monoisotopic (exact) mass is 695 g/mol. The van der Waals surface area contributed by atoms with E-state index in [1.165, 1.54) is 11.6 Å². The highest BCUT2D eigenvalue weighted by Crippen LogP contribution is 2.59. The van der Waals surface area contributed by atoms with E-state index in [1.54, 1.807) is 41.6 Å². The van der Waals surface area contributed by atoms with E-state index < -0.39 is 16.6 Å². The summed E-state index contributed by atoms with van der Waals surface area (Å²) in [5, 5.41) is 7.96. The fourth-order valence-electron chi connectivity index (χ4n) is 6.29. The molecule has 2 amide bonds. The van der Waals surface area contributed by atoms with E-state index in [0.29, 0.717) is 33.3 Å². The van der Waals surface area contributed by atoms with Crippen LogP contribution in [-0.2, 0) is 16.1 Å². The molecule has 1 saturated carbocycles. The van der Waals surface area contributed by atoms with Crippen molar-refractivity contribution in [3.05, 3.63) is 59.1 Å². The summed E-state index contributed by atoms with van der Waals surface area (Å²) in [5.74, 6) is -0.0372. The van der Waals surface area contributed by atoms with Gasteiger partial charge in [0.15, 0.2) is 5.78 Å². The van der Waals surface area contributed by atoms with Gasteiger partial charge in [0.25, 0.3) is 0 Å². The minimum atomic E-state index is -2.53. The molecule has 4 aromatic rings.